The third kappa shape index (κ3) is 9.11. The Labute approximate surface area is 270 Å². The van der Waals surface area contributed by atoms with Crippen molar-refractivity contribution in [3.8, 4) is 0 Å². The van der Waals surface area contributed by atoms with E-state index < -0.39 is 24.1 Å². The molecule has 16 heteroatoms. The first-order valence-electron chi connectivity index (χ1n) is 12.9. The van der Waals surface area contributed by atoms with Gasteiger partial charge in [-0.3, -0.25) is 20.2 Å². The molecule has 6 rings (SSSR count). The van der Waals surface area contributed by atoms with Gasteiger partial charge in [0.05, 0.1) is 27.5 Å². The van der Waals surface area contributed by atoms with Crippen molar-refractivity contribution < 1.29 is 29.2 Å². The van der Waals surface area contributed by atoms with Crippen LogP contribution in [0, 0.1) is 34.1 Å². The number of nitro groups is 2. The SMILES string of the molecule is Cc1cc([N+](=O)[O-])ccc1Br.Cc1cccc([N+](=O)[O-])c1Br.Nc1ccc2c(c1)COB2O.Nc1cccc2c1B(O)OC2. The largest absolute Gasteiger partial charge is 0.493 e. The molecule has 2 aliphatic heterocycles. The molecule has 44 heavy (non-hydrogen) atoms. The van der Waals surface area contributed by atoms with E-state index in [1.54, 1.807) is 30.3 Å². The maximum absolute atomic E-state index is 10.3. The Balaban J connectivity index is 0.000000160. The number of nitrogens with two attached hydrogens (primary N) is 2. The lowest BCUT2D eigenvalue weighted by molar-refractivity contribution is -0.385. The van der Waals surface area contributed by atoms with Gasteiger partial charge < -0.3 is 30.8 Å². The second-order valence-electron chi connectivity index (χ2n) is 9.56. The standard InChI is InChI=1S/2C7H8BNO2.2C7H6BrNO2/c9-6-1-2-7-5(3-6)4-11-8(7)10;9-6-3-1-2-5-4-11-8(10)7(5)6;1-5-4-6(9(10)11)2-3-7(5)8;1-5-3-2-4-6(7(5)8)9(10)11/h2*1-3,10H,4,9H2;2*2-4H,1H3. The number of aryl methyl sites for hydroxylation is 2. The first-order chi connectivity index (χ1) is 20.8. The molecule has 228 valence electrons. The smallest absolute Gasteiger partial charge is 0.423 e. The number of nitro benzene ring substituents is 2. The van der Waals surface area contributed by atoms with E-state index in [9.17, 15) is 30.3 Å². The van der Waals surface area contributed by atoms with Crippen molar-refractivity contribution in [2.24, 2.45) is 0 Å². The number of nitrogen functional groups attached to an aromatic ring is 2. The van der Waals surface area contributed by atoms with Crippen molar-refractivity contribution >= 4 is 79.8 Å². The lowest BCUT2D eigenvalue weighted by Crippen LogP contribution is -2.30. The van der Waals surface area contributed by atoms with Crippen LogP contribution in [0.1, 0.15) is 22.3 Å². The highest BCUT2D eigenvalue weighted by Gasteiger charge is 2.29. The van der Waals surface area contributed by atoms with Crippen LogP contribution < -0.4 is 22.4 Å². The monoisotopic (exact) mass is 728 g/mol. The number of anilines is 2. The molecule has 6 N–H and O–H groups in total. The Morgan fingerprint density at radius 1 is 0.795 bits per heavy atom. The van der Waals surface area contributed by atoms with Crippen molar-refractivity contribution in [1.29, 1.82) is 0 Å². The van der Waals surface area contributed by atoms with Gasteiger partial charge in [0.1, 0.15) is 0 Å². The topological polar surface area (TPSA) is 197 Å². The van der Waals surface area contributed by atoms with E-state index in [-0.39, 0.29) is 11.4 Å². The molecule has 2 aliphatic rings. The van der Waals surface area contributed by atoms with Crippen LogP contribution >= 0.6 is 31.9 Å². The van der Waals surface area contributed by atoms with E-state index in [0.29, 0.717) is 29.1 Å². The second kappa shape index (κ2) is 15.8. The van der Waals surface area contributed by atoms with Gasteiger partial charge in [-0.2, -0.15) is 0 Å². The van der Waals surface area contributed by atoms with Gasteiger partial charge in [-0.1, -0.05) is 46.3 Å². The molecule has 0 bridgehead atoms. The number of nitrogens with zero attached hydrogens (tertiary/aromatic N) is 2. The number of benzene rings is 4. The van der Waals surface area contributed by atoms with E-state index in [2.05, 4.69) is 31.9 Å². The molecule has 0 saturated heterocycles. The third-order valence-corrected chi connectivity index (χ3v) is 8.35. The fourth-order valence-corrected chi connectivity index (χ4v) is 4.73. The summed E-state index contributed by atoms with van der Waals surface area (Å²) in [7, 11) is -1.59. The van der Waals surface area contributed by atoms with Crippen LogP contribution in [0.3, 0.4) is 0 Å². The molecule has 0 aromatic heterocycles. The highest BCUT2D eigenvalue weighted by atomic mass is 79.9. The van der Waals surface area contributed by atoms with E-state index in [1.807, 2.05) is 38.1 Å². The highest BCUT2D eigenvalue weighted by molar-refractivity contribution is 9.11. The van der Waals surface area contributed by atoms with Crippen LogP contribution in [0.2, 0.25) is 0 Å². The maximum Gasteiger partial charge on any atom is 0.493 e. The highest BCUT2D eigenvalue weighted by Crippen LogP contribution is 2.27. The summed E-state index contributed by atoms with van der Waals surface area (Å²) in [5.41, 5.74) is 18.0. The molecule has 0 amide bonds. The number of non-ortho nitro benzene ring substituents is 1. The molecule has 0 saturated carbocycles. The quantitative estimate of drug-likeness (QED) is 0.0999. The Morgan fingerprint density at radius 3 is 2.07 bits per heavy atom. The minimum Gasteiger partial charge on any atom is -0.423 e. The van der Waals surface area contributed by atoms with Gasteiger partial charge in [0.15, 0.2) is 0 Å². The number of halogens is 2. The van der Waals surface area contributed by atoms with Gasteiger partial charge in [0.25, 0.3) is 11.4 Å². The summed E-state index contributed by atoms with van der Waals surface area (Å²) >= 11 is 6.39. The number of fused-ring (bicyclic) bond motifs is 2. The van der Waals surface area contributed by atoms with Crippen LogP contribution in [-0.4, -0.2) is 34.1 Å². The molecular formula is C28H28B2Br2N4O8. The van der Waals surface area contributed by atoms with E-state index >= 15 is 0 Å². The van der Waals surface area contributed by atoms with Gasteiger partial charge in [-0.05, 0) is 81.8 Å². The Morgan fingerprint density at radius 2 is 1.45 bits per heavy atom. The van der Waals surface area contributed by atoms with Crippen molar-refractivity contribution in [2.75, 3.05) is 11.5 Å². The fourth-order valence-electron chi connectivity index (χ4n) is 4.08. The van der Waals surface area contributed by atoms with E-state index in [0.717, 1.165) is 37.7 Å². The summed E-state index contributed by atoms with van der Waals surface area (Å²) in [5, 5.41) is 39.1. The predicted octanol–water partition coefficient (Wildman–Crippen LogP) is 4.30. The van der Waals surface area contributed by atoms with Gasteiger partial charge in [0.2, 0.25) is 0 Å². The number of rotatable bonds is 2. The Bertz CT molecular complexity index is 1660. The van der Waals surface area contributed by atoms with E-state index in [1.165, 1.54) is 18.2 Å². The van der Waals surface area contributed by atoms with Crippen LogP contribution in [0.5, 0.6) is 0 Å². The summed E-state index contributed by atoms with van der Waals surface area (Å²) in [4.78, 5) is 19.8. The van der Waals surface area contributed by atoms with E-state index in [4.69, 9.17) is 20.8 Å². The summed E-state index contributed by atoms with van der Waals surface area (Å²) in [6, 6.07) is 20.5. The fraction of sp³-hybridized carbons (Fsp3) is 0.143. The van der Waals surface area contributed by atoms with Crippen LogP contribution in [0.4, 0.5) is 22.7 Å². The maximum atomic E-state index is 10.3. The van der Waals surface area contributed by atoms with Gasteiger partial charge >= 0.3 is 14.2 Å². The number of hydrogen-bond acceptors (Lipinski definition) is 10. The second-order valence-corrected chi connectivity index (χ2v) is 11.2. The van der Waals surface area contributed by atoms with Crippen LogP contribution in [0.25, 0.3) is 0 Å². The number of hydrogen-bond donors (Lipinski definition) is 4. The minimum atomic E-state index is -0.828. The molecule has 0 spiro atoms. The Kier molecular flexibility index (Phi) is 12.5. The van der Waals surface area contributed by atoms with Crippen LogP contribution in [-0.2, 0) is 22.5 Å². The van der Waals surface area contributed by atoms with Crippen molar-refractivity contribution in [2.45, 2.75) is 27.1 Å². The molecule has 4 aromatic rings. The van der Waals surface area contributed by atoms with Gasteiger partial charge in [-0.25, -0.2) is 0 Å². The zero-order valence-corrected chi connectivity index (χ0v) is 26.8. The first kappa shape index (κ1) is 34.7. The predicted molar refractivity (Wildman–Crippen MR) is 178 cm³/mol. The molecule has 0 radical (unpaired) electrons. The molecule has 12 nitrogen and oxygen atoms in total. The summed E-state index contributed by atoms with van der Waals surface area (Å²) in [5.74, 6) is 0. The van der Waals surface area contributed by atoms with Crippen LogP contribution in [0.15, 0.2) is 81.7 Å². The van der Waals surface area contributed by atoms with Gasteiger partial charge in [-0.15, -0.1) is 0 Å². The molecule has 4 aromatic carbocycles. The normalized spacial score (nSPS) is 12.4. The first-order valence-corrected chi connectivity index (χ1v) is 14.5. The van der Waals surface area contributed by atoms with Crippen molar-refractivity contribution in [3.63, 3.8) is 0 Å². The summed E-state index contributed by atoms with van der Waals surface area (Å²) in [6.07, 6.45) is 0. The molecular weight excluding hydrogens is 702 g/mol. The van der Waals surface area contributed by atoms with Crippen molar-refractivity contribution in [1.82, 2.24) is 0 Å². The molecule has 0 fully saturated rings. The zero-order chi connectivity index (χ0) is 32.6. The molecule has 0 unspecified atom stereocenters. The average Bonchev–Trinajstić information content (AvgIpc) is 3.55. The molecule has 2 heterocycles. The van der Waals surface area contributed by atoms with Gasteiger partial charge in [0, 0.05) is 39.5 Å². The Hall–Kier alpha value is -3.79. The third-order valence-electron chi connectivity index (χ3n) is 6.42. The summed E-state index contributed by atoms with van der Waals surface area (Å²) < 4.78 is 11.4. The minimum absolute atomic E-state index is 0.116. The summed E-state index contributed by atoms with van der Waals surface area (Å²) in [6.45, 7) is 4.55. The van der Waals surface area contributed by atoms with Crippen molar-refractivity contribution in [3.05, 3.63) is 124 Å². The zero-order valence-electron chi connectivity index (χ0n) is 23.6. The lowest BCUT2D eigenvalue weighted by atomic mass is 9.78. The molecule has 0 aliphatic carbocycles. The molecule has 0 atom stereocenters. The average molecular weight is 730 g/mol. The lowest BCUT2D eigenvalue weighted by Gasteiger charge is -2.00.